The number of ether oxygens (including phenoxy) is 1. The molecule has 2 saturated carbocycles. The van der Waals surface area contributed by atoms with Crippen LogP contribution in [0.5, 0.6) is 0 Å². The van der Waals surface area contributed by atoms with Gasteiger partial charge in [0.2, 0.25) is 11.8 Å². The Kier molecular flexibility index (Phi) is 8.13. The fourth-order valence-electron chi connectivity index (χ4n) is 8.25. The molecule has 1 unspecified atom stereocenters. The molecule has 0 bridgehead atoms. The lowest BCUT2D eigenvalue weighted by molar-refractivity contribution is -0.136. The predicted molar refractivity (Wildman–Crippen MR) is 188 cm³/mol. The Morgan fingerprint density at radius 3 is 2.49 bits per heavy atom. The highest BCUT2D eigenvalue weighted by molar-refractivity contribution is 6.23. The van der Waals surface area contributed by atoms with E-state index in [0.717, 1.165) is 96.9 Å². The summed E-state index contributed by atoms with van der Waals surface area (Å²) in [7, 11) is 0. The van der Waals surface area contributed by atoms with Gasteiger partial charge in [-0.15, -0.1) is 0 Å². The van der Waals surface area contributed by atoms with Gasteiger partial charge < -0.3 is 10.1 Å². The number of amides is 4. The van der Waals surface area contributed by atoms with Gasteiger partial charge in [0.15, 0.2) is 0 Å². The molecular formula is C39H41N7O5. The van der Waals surface area contributed by atoms with Crippen LogP contribution in [0, 0.1) is 5.92 Å². The Morgan fingerprint density at radius 1 is 0.863 bits per heavy atom. The number of benzene rings is 2. The van der Waals surface area contributed by atoms with Crippen molar-refractivity contribution in [3.63, 3.8) is 0 Å². The SMILES string of the molecule is O=C1CCC(N2C(=O)c3ccc(NCCC[C@H]4C[C@@H](n5cc(-c6cnc7ccc(C8CCOCC8)cc7n6)c(C6CC6)n5)C4)cc3C2=O)C(=O)N1. The van der Waals surface area contributed by atoms with E-state index in [0.29, 0.717) is 23.8 Å². The first-order valence-corrected chi connectivity index (χ1v) is 18.4. The van der Waals surface area contributed by atoms with Gasteiger partial charge in [0.05, 0.1) is 45.8 Å². The molecule has 3 aliphatic heterocycles. The third kappa shape index (κ3) is 6.09. The minimum Gasteiger partial charge on any atom is -0.385 e. The third-order valence-electron chi connectivity index (χ3n) is 11.4. The summed E-state index contributed by atoms with van der Waals surface area (Å²) in [5.74, 6) is -0.338. The van der Waals surface area contributed by atoms with Crippen molar-refractivity contribution in [2.24, 2.45) is 5.92 Å². The van der Waals surface area contributed by atoms with Crippen molar-refractivity contribution < 1.29 is 23.9 Å². The van der Waals surface area contributed by atoms with Gasteiger partial charge in [-0.25, -0.2) is 4.98 Å². The van der Waals surface area contributed by atoms with Crippen LogP contribution in [0.25, 0.3) is 22.3 Å². The Balaban J connectivity index is 0.800. The van der Waals surface area contributed by atoms with Crippen LogP contribution >= 0.6 is 0 Å². The largest absolute Gasteiger partial charge is 0.385 e. The molecule has 12 heteroatoms. The quantitative estimate of drug-likeness (QED) is 0.163. The zero-order valence-corrected chi connectivity index (χ0v) is 28.5. The highest BCUT2D eigenvalue weighted by Crippen LogP contribution is 2.46. The summed E-state index contributed by atoms with van der Waals surface area (Å²) in [6.07, 6.45) is 13.0. The number of anilines is 1. The number of piperidine rings is 1. The maximum Gasteiger partial charge on any atom is 0.262 e. The van der Waals surface area contributed by atoms with Gasteiger partial charge in [-0.1, -0.05) is 6.07 Å². The number of aromatic nitrogens is 4. The molecular weight excluding hydrogens is 646 g/mol. The third-order valence-corrected chi connectivity index (χ3v) is 11.4. The molecule has 1 atom stereocenters. The van der Waals surface area contributed by atoms with Crippen LogP contribution in [0.4, 0.5) is 5.69 Å². The topological polar surface area (TPSA) is 148 Å². The summed E-state index contributed by atoms with van der Waals surface area (Å²) in [4.78, 5) is 61.0. The number of carbonyl (C=O) groups is 4. The van der Waals surface area contributed by atoms with Crippen LogP contribution in [-0.4, -0.2) is 74.1 Å². The maximum absolute atomic E-state index is 13.2. The van der Waals surface area contributed by atoms with E-state index in [9.17, 15) is 19.2 Å². The lowest BCUT2D eigenvalue weighted by atomic mass is 9.77. The average molecular weight is 688 g/mol. The number of fused-ring (bicyclic) bond motifs is 2. The van der Waals surface area contributed by atoms with E-state index in [2.05, 4.69) is 39.7 Å². The van der Waals surface area contributed by atoms with Crippen molar-refractivity contribution in [3.05, 3.63) is 71.2 Å². The fourth-order valence-corrected chi connectivity index (χ4v) is 8.25. The lowest BCUT2D eigenvalue weighted by Gasteiger charge is -2.35. The minimum atomic E-state index is -0.963. The molecule has 2 N–H and O–H groups in total. The van der Waals surface area contributed by atoms with E-state index in [1.165, 1.54) is 18.4 Å². The van der Waals surface area contributed by atoms with Crippen LogP contribution in [0.15, 0.2) is 48.8 Å². The molecule has 2 aromatic carbocycles. The summed E-state index contributed by atoms with van der Waals surface area (Å²) in [5.41, 5.74) is 7.70. The first-order chi connectivity index (χ1) is 24.9. The number of nitrogens with one attached hydrogen (secondary N) is 2. The summed E-state index contributed by atoms with van der Waals surface area (Å²) in [6, 6.07) is 11.1. The van der Waals surface area contributed by atoms with Crippen molar-refractivity contribution in [2.45, 2.75) is 88.1 Å². The molecule has 4 fully saturated rings. The van der Waals surface area contributed by atoms with Gasteiger partial charge in [-0.3, -0.25) is 39.1 Å². The first kappa shape index (κ1) is 32.0. The number of carbonyl (C=O) groups excluding carboxylic acids is 4. The Bertz CT molecular complexity index is 2060. The standard InChI is InChI=1S/C39H41N7O5/c47-35-10-9-34(37(48)43-35)46-38(49)28-7-6-26(19-29(28)39(46)50)40-13-1-2-22-16-27(17-22)45-21-30(36(44-45)24-3-4-24)33-20-41-31-8-5-25(18-32(31)42-33)23-11-14-51-15-12-23/h5-8,18-24,27,34,40H,1-4,9-17H2,(H,43,47,48)/t22-,27+,34?. The Labute approximate surface area is 295 Å². The summed E-state index contributed by atoms with van der Waals surface area (Å²) >= 11 is 0. The second-order valence-corrected chi connectivity index (χ2v) is 14.8. The molecule has 12 nitrogen and oxygen atoms in total. The zero-order chi connectivity index (χ0) is 34.6. The minimum absolute atomic E-state index is 0.0987. The van der Waals surface area contributed by atoms with Crippen molar-refractivity contribution in [1.82, 2.24) is 30.0 Å². The second kappa shape index (κ2) is 13.0. The highest BCUT2D eigenvalue weighted by Gasteiger charge is 2.44. The van der Waals surface area contributed by atoms with Gasteiger partial charge in [0, 0.05) is 49.5 Å². The van der Waals surface area contributed by atoms with E-state index in [4.69, 9.17) is 19.8 Å². The lowest BCUT2D eigenvalue weighted by Crippen LogP contribution is -2.54. The molecule has 2 saturated heterocycles. The number of nitrogens with zero attached hydrogens (tertiary/aromatic N) is 5. The molecule has 9 rings (SSSR count). The maximum atomic E-state index is 13.2. The van der Waals surface area contributed by atoms with E-state index in [1.54, 1.807) is 18.2 Å². The molecule has 262 valence electrons. The van der Waals surface area contributed by atoms with Crippen LogP contribution in [0.2, 0.25) is 0 Å². The molecule has 2 aliphatic carbocycles. The molecule has 4 aromatic rings. The van der Waals surface area contributed by atoms with E-state index in [1.807, 2.05) is 6.20 Å². The number of imide groups is 2. The van der Waals surface area contributed by atoms with Crippen LogP contribution < -0.4 is 10.6 Å². The summed E-state index contributed by atoms with van der Waals surface area (Å²) in [5, 5.41) is 10.8. The second-order valence-electron chi connectivity index (χ2n) is 14.8. The molecule has 5 heterocycles. The predicted octanol–water partition coefficient (Wildman–Crippen LogP) is 5.51. The van der Waals surface area contributed by atoms with Gasteiger partial charge in [0.1, 0.15) is 6.04 Å². The van der Waals surface area contributed by atoms with Gasteiger partial charge in [-0.2, -0.15) is 5.10 Å². The fraction of sp³-hybridized carbons (Fsp3) is 0.462. The first-order valence-electron chi connectivity index (χ1n) is 18.4. The molecule has 4 amide bonds. The molecule has 2 aromatic heterocycles. The van der Waals surface area contributed by atoms with Crippen LogP contribution in [-0.2, 0) is 14.3 Å². The summed E-state index contributed by atoms with van der Waals surface area (Å²) < 4.78 is 7.76. The molecule has 5 aliphatic rings. The smallest absolute Gasteiger partial charge is 0.262 e. The molecule has 0 radical (unpaired) electrons. The normalized spacial score (nSPS) is 23.8. The highest BCUT2D eigenvalue weighted by atomic mass is 16.5. The van der Waals surface area contributed by atoms with Crippen molar-refractivity contribution in [1.29, 1.82) is 0 Å². The zero-order valence-electron chi connectivity index (χ0n) is 28.5. The van der Waals surface area contributed by atoms with Crippen molar-refractivity contribution in [3.8, 4) is 11.3 Å². The van der Waals surface area contributed by atoms with Gasteiger partial charge in [0.25, 0.3) is 11.8 Å². The number of hydrogen-bond acceptors (Lipinski definition) is 9. The molecule has 0 spiro atoms. The van der Waals surface area contributed by atoms with Crippen LogP contribution in [0.3, 0.4) is 0 Å². The van der Waals surface area contributed by atoms with Gasteiger partial charge >= 0.3 is 0 Å². The number of rotatable bonds is 10. The van der Waals surface area contributed by atoms with Gasteiger partial charge in [-0.05, 0) is 106 Å². The molecule has 51 heavy (non-hydrogen) atoms. The Hall–Kier alpha value is -4.97. The van der Waals surface area contributed by atoms with E-state index in [-0.39, 0.29) is 29.9 Å². The monoisotopic (exact) mass is 687 g/mol. The Morgan fingerprint density at radius 2 is 1.69 bits per heavy atom. The summed E-state index contributed by atoms with van der Waals surface area (Å²) in [6.45, 7) is 2.37. The van der Waals surface area contributed by atoms with E-state index < -0.39 is 23.8 Å². The van der Waals surface area contributed by atoms with E-state index >= 15 is 0 Å². The number of hydrogen-bond donors (Lipinski definition) is 2. The average Bonchev–Trinajstić information content (AvgIpc) is 3.84. The van der Waals surface area contributed by atoms with Crippen molar-refractivity contribution in [2.75, 3.05) is 25.1 Å². The van der Waals surface area contributed by atoms with Crippen LogP contribution in [0.1, 0.15) is 114 Å². The van der Waals surface area contributed by atoms with Crippen molar-refractivity contribution >= 4 is 40.3 Å².